The molecule has 0 bridgehead atoms. The molecule has 1 aliphatic heterocycles. The van der Waals surface area contributed by atoms with Crippen LogP contribution in [-0.4, -0.2) is 47.9 Å². The number of anilines is 2. The average molecular weight is 465 g/mol. The molecule has 0 fully saturated rings. The van der Waals surface area contributed by atoms with Gasteiger partial charge in [0.25, 0.3) is 11.8 Å². The third kappa shape index (κ3) is 4.39. The van der Waals surface area contributed by atoms with Crippen LogP contribution >= 0.6 is 23.5 Å². The van der Waals surface area contributed by atoms with Crippen LogP contribution in [0.2, 0.25) is 0 Å². The van der Waals surface area contributed by atoms with Crippen LogP contribution < -0.4 is 9.80 Å². The molecule has 0 radical (unpaired) electrons. The maximum Gasteiger partial charge on any atom is 0.265 e. The molecular formula is C26H28N2O2S2. The van der Waals surface area contributed by atoms with Gasteiger partial charge in [0.15, 0.2) is 0 Å². The van der Waals surface area contributed by atoms with Crippen LogP contribution in [-0.2, 0) is 0 Å². The molecule has 2 amide bonds. The summed E-state index contributed by atoms with van der Waals surface area (Å²) in [5.74, 6) is 3.78. The van der Waals surface area contributed by atoms with Gasteiger partial charge < -0.3 is 4.90 Å². The van der Waals surface area contributed by atoms with Gasteiger partial charge in [-0.05, 0) is 41.8 Å². The summed E-state index contributed by atoms with van der Waals surface area (Å²) in [5.41, 5.74) is 2.89. The predicted octanol–water partition coefficient (Wildman–Crippen LogP) is 5.95. The average Bonchev–Trinajstić information content (AvgIpc) is 2.82. The number of amides is 2. The molecule has 4 nitrogen and oxygen atoms in total. The molecule has 0 unspecified atom stereocenters. The summed E-state index contributed by atoms with van der Waals surface area (Å²) in [6, 6.07) is 18.9. The van der Waals surface area contributed by atoms with Gasteiger partial charge in [-0.1, -0.05) is 44.2 Å². The van der Waals surface area contributed by atoms with Crippen molar-refractivity contribution < 1.29 is 9.59 Å². The molecule has 4 rings (SSSR count). The van der Waals surface area contributed by atoms with Gasteiger partial charge in [0.1, 0.15) is 0 Å². The van der Waals surface area contributed by atoms with Crippen molar-refractivity contribution in [2.45, 2.75) is 13.8 Å². The molecular weight excluding hydrogens is 436 g/mol. The second-order valence-corrected chi connectivity index (χ2v) is 10.3. The van der Waals surface area contributed by atoms with Gasteiger partial charge in [0.05, 0.1) is 5.69 Å². The Labute approximate surface area is 198 Å². The quantitative estimate of drug-likeness (QED) is 0.274. The van der Waals surface area contributed by atoms with Crippen molar-refractivity contribution in [3.63, 3.8) is 0 Å². The van der Waals surface area contributed by atoms with Gasteiger partial charge in [-0.2, -0.15) is 23.5 Å². The lowest BCUT2D eigenvalue weighted by Gasteiger charge is -2.30. The minimum atomic E-state index is -0.258. The first-order valence-corrected chi connectivity index (χ1v) is 13.4. The molecule has 0 aliphatic carbocycles. The molecule has 0 aromatic heterocycles. The van der Waals surface area contributed by atoms with E-state index in [1.807, 2.05) is 66.0 Å². The molecule has 0 N–H and O–H groups in total. The number of benzene rings is 3. The lowest BCUT2D eigenvalue weighted by molar-refractivity contribution is 0.0893. The first-order chi connectivity index (χ1) is 15.7. The Bertz CT molecular complexity index is 1090. The second-order valence-electron chi connectivity index (χ2n) is 7.52. The topological polar surface area (TPSA) is 40.6 Å². The van der Waals surface area contributed by atoms with Gasteiger partial charge in [-0.25, -0.2) is 4.90 Å². The molecule has 0 atom stereocenters. The van der Waals surface area contributed by atoms with Crippen molar-refractivity contribution in [3.8, 4) is 0 Å². The van der Waals surface area contributed by atoms with Crippen molar-refractivity contribution in [2.75, 3.05) is 45.9 Å². The number of hydrogen-bond donors (Lipinski definition) is 0. The Morgan fingerprint density at radius 3 is 2.00 bits per heavy atom. The smallest absolute Gasteiger partial charge is 0.265 e. The lowest BCUT2D eigenvalue weighted by Crippen LogP contribution is -2.40. The lowest BCUT2D eigenvalue weighted by atomic mass is 9.92. The molecule has 0 spiro atoms. The predicted molar refractivity (Wildman–Crippen MR) is 140 cm³/mol. The van der Waals surface area contributed by atoms with Crippen molar-refractivity contribution in [2.24, 2.45) is 0 Å². The number of para-hydroxylation sites is 1. The first kappa shape index (κ1) is 22.7. The molecule has 0 saturated carbocycles. The van der Waals surface area contributed by atoms with Crippen LogP contribution in [0.4, 0.5) is 11.4 Å². The Morgan fingerprint density at radius 2 is 1.38 bits per heavy atom. The summed E-state index contributed by atoms with van der Waals surface area (Å²) in [7, 11) is 0. The third-order valence-electron chi connectivity index (χ3n) is 5.66. The third-order valence-corrected chi connectivity index (χ3v) is 7.42. The Hall–Kier alpha value is -2.44. The minimum Gasteiger partial charge on any atom is -0.369 e. The van der Waals surface area contributed by atoms with Crippen LogP contribution in [0.5, 0.6) is 0 Å². The van der Waals surface area contributed by atoms with Gasteiger partial charge in [-0.3, -0.25) is 9.59 Å². The highest BCUT2D eigenvalue weighted by Crippen LogP contribution is 2.37. The summed E-state index contributed by atoms with van der Waals surface area (Å²) in [6.07, 6.45) is 0. The summed E-state index contributed by atoms with van der Waals surface area (Å²) in [4.78, 5) is 30.5. The number of hydrogen-bond acceptors (Lipinski definition) is 5. The zero-order valence-corrected chi connectivity index (χ0v) is 20.2. The summed E-state index contributed by atoms with van der Waals surface area (Å²) < 4.78 is 0. The van der Waals surface area contributed by atoms with Gasteiger partial charge in [0.2, 0.25) is 0 Å². The molecule has 1 heterocycles. The SMILES string of the molecule is CCSCCN(CCSCC)c1ccc2c3c(cccc13)C(=O)N(c1ccccc1)C2=O. The number of imide groups is 1. The molecule has 1 aliphatic rings. The maximum atomic E-state index is 13.4. The van der Waals surface area contributed by atoms with E-state index in [0.717, 1.165) is 52.6 Å². The number of carbonyl (C=O) groups excluding carboxylic acids is 2. The molecule has 3 aromatic rings. The highest BCUT2D eigenvalue weighted by molar-refractivity contribution is 7.99. The van der Waals surface area contributed by atoms with E-state index in [2.05, 4.69) is 24.8 Å². The Balaban J connectivity index is 1.78. The molecule has 6 heteroatoms. The number of thioether (sulfide) groups is 2. The second kappa shape index (κ2) is 10.5. The van der Waals surface area contributed by atoms with E-state index in [-0.39, 0.29) is 11.8 Å². The number of nitrogens with zero attached hydrogens (tertiary/aromatic N) is 2. The van der Waals surface area contributed by atoms with Crippen LogP contribution in [0.15, 0.2) is 60.7 Å². The minimum absolute atomic E-state index is 0.258. The van der Waals surface area contributed by atoms with Crippen molar-refractivity contribution in [3.05, 3.63) is 71.8 Å². The van der Waals surface area contributed by atoms with Gasteiger partial charge in [0, 0.05) is 52.2 Å². The van der Waals surface area contributed by atoms with Crippen molar-refractivity contribution in [1.29, 1.82) is 0 Å². The maximum absolute atomic E-state index is 13.4. The van der Waals surface area contributed by atoms with E-state index in [1.54, 1.807) is 12.1 Å². The van der Waals surface area contributed by atoms with E-state index in [9.17, 15) is 9.59 Å². The molecule has 0 saturated heterocycles. The van der Waals surface area contributed by atoms with Gasteiger partial charge >= 0.3 is 0 Å². The fraction of sp³-hybridized carbons (Fsp3) is 0.308. The van der Waals surface area contributed by atoms with Crippen LogP contribution in [0.25, 0.3) is 10.8 Å². The zero-order chi connectivity index (χ0) is 22.5. The Kier molecular flexibility index (Phi) is 7.43. The number of rotatable bonds is 10. The standard InChI is InChI=1S/C26H28N2O2S2/c1-3-31-17-15-27(16-18-32-4-2)23-14-13-22-24-20(23)11-8-12-21(24)25(29)28(26(22)30)19-9-6-5-7-10-19/h5-14H,3-4,15-18H2,1-2H3. The van der Waals surface area contributed by atoms with E-state index < -0.39 is 0 Å². The van der Waals surface area contributed by atoms with Crippen molar-refractivity contribution >= 4 is 57.5 Å². The molecule has 166 valence electrons. The summed E-state index contributed by atoms with van der Waals surface area (Å²) >= 11 is 3.87. The van der Waals surface area contributed by atoms with E-state index in [1.165, 1.54) is 4.90 Å². The normalized spacial score (nSPS) is 13.1. The fourth-order valence-corrected chi connectivity index (χ4v) is 5.44. The summed E-state index contributed by atoms with van der Waals surface area (Å²) in [6.45, 7) is 6.25. The molecule has 3 aromatic carbocycles. The van der Waals surface area contributed by atoms with Crippen LogP contribution in [0.1, 0.15) is 34.6 Å². The van der Waals surface area contributed by atoms with Gasteiger partial charge in [-0.15, -0.1) is 0 Å². The first-order valence-electron chi connectivity index (χ1n) is 11.1. The van der Waals surface area contributed by atoms with Crippen LogP contribution in [0.3, 0.4) is 0 Å². The number of carbonyl (C=O) groups is 2. The van der Waals surface area contributed by atoms with E-state index >= 15 is 0 Å². The zero-order valence-electron chi connectivity index (χ0n) is 18.5. The molecule has 32 heavy (non-hydrogen) atoms. The fourth-order valence-electron chi connectivity index (χ4n) is 4.16. The summed E-state index contributed by atoms with van der Waals surface area (Å²) in [5, 5.41) is 1.76. The van der Waals surface area contributed by atoms with Crippen molar-refractivity contribution in [1.82, 2.24) is 0 Å². The largest absolute Gasteiger partial charge is 0.369 e. The highest BCUT2D eigenvalue weighted by atomic mass is 32.2. The van der Waals surface area contributed by atoms with Crippen LogP contribution in [0, 0.1) is 0 Å². The van der Waals surface area contributed by atoms with E-state index in [4.69, 9.17) is 0 Å². The highest BCUT2D eigenvalue weighted by Gasteiger charge is 2.34. The van der Waals surface area contributed by atoms with E-state index in [0.29, 0.717) is 16.8 Å². The monoisotopic (exact) mass is 464 g/mol. The Morgan fingerprint density at radius 1 is 0.750 bits per heavy atom.